The molecule has 21 heavy (non-hydrogen) atoms. The van der Waals surface area contributed by atoms with Crippen LogP contribution >= 0.6 is 0 Å². The Morgan fingerprint density at radius 1 is 1.52 bits per heavy atom. The lowest BCUT2D eigenvalue weighted by molar-refractivity contribution is -0.124. The summed E-state index contributed by atoms with van der Waals surface area (Å²) in [6.07, 6.45) is 5.42. The first-order valence-corrected chi connectivity index (χ1v) is 7.56. The van der Waals surface area contributed by atoms with Crippen molar-refractivity contribution in [2.24, 2.45) is 5.92 Å². The first kappa shape index (κ1) is 15.6. The number of aryl methyl sites for hydroxylation is 1. The first-order valence-electron chi connectivity index (χ1n) is 7.56. The van der Waals surface area contributed by atoms with E-state index in [-0.39, 0.29) is 11.7 Å². The molecule has 0 aromatic carbocycles. The Bertz CT molecular complexity index is 478. The highest BCUT2D eigenvalue weighted by Crippen LogP contribution is 2.13. The number of hydrogen-bond acceptors (Lipinski definition) is 5. The maximum absolute atomic E-state index is 12.2. The summed E-state index contributed by atoms with van der Waals surface area (Å²) >= 11 is 0. The van der Waals surface area contributed by atoms with E-state index >= 15 is 0 Å². The van der Waals surface area contributed by atoms with E-state index in [1.165, 1.54) is 0 Å². The fraction of sp³-hybridized carbons (Fsp3) is 0.714. The number of carbonyl (C=O) groups excluding carboxylic acids is 1. The molecule has 3 N–H and O–H groups in total. The highest BCUT2D eigenvalue weighted by atomic mass is 16.1. The zero-order valence-electron chi connectivity index (χ0n) is 12.6. The molecule has 1 aliphatic heterocycles. The summed E-state index contributed by atoms with van der Waals surface area (Å²) in [7, 11) is 0. The summed E-state index contributed by atoms with van der Waals surface area (Å²) in [5.74, 6) is 0.902. The summed E-state index contributed by atoms with van der Waals surface area (Å²) in [4.78, 5) is 12.2. The van der Waals surface area contributed by atoms with Crippen LogP contribution < -0.4 is 10.6 Å². The van der Waals surface area contributed by atoms with Gasteiger partial charge in [0.2, 0.25) is 0 Å². The van der Waals surface area contributed by atoms with Crippen LogP contribution in [-0.4, -0.2) is 46.2 Å². The molecule has 116 valence electrons. The van der Waals surface area contributed by atoms with E-state index in [2.05, 4.69) is 20.9 Å². The minimum atomic E-state index is 0.165. The summed E-state index contributed by atoms with van der Waals surface area (Å²) in [5.41, 5.74) is 0.901. The molecular formula is C14H24N6O. The summed E-state index contributed by atoms with van der Waals surface area (Å²) in [5, 5.41) is 21.6. The number of nitrogens with one attached hydrogen (secondary N) is 3. The second kappa shape index (κ2) is 7.87. The van der Waals surface area contributed by atoms with Crippen LogP contribution in [0.4, 0.5) is 0 Å². The van der Waals surface area contributed by atoms with Crippen molar-refractivity contribution in [2.45, 2.75) is 39.2 Å². The highest BCUT2D eigenvalue weighted by molar-refractivity contribution is 5.80. The van der Waals surface area contributed by atoms with Crippen LogP contribution in [0.1, 0.15) is 31.9 Å². The number of rotatable bonds is 7. The summed E-state index contributed by atoms with van der Waals surface area (Å²) in [6, 6.07) is 0. The van der Waals surface area contributed by atoms with Crippen LogP contribution in [0.5, 0.6) is 0 Å². The molecule has 2 rings (SSSR count). The number of amidine groups is 1. The van der Waals surface area contributed by atoms with Crippen LogP contribution in [0.15, 0.2) is 6.20 Å². The molecule has 1 aliphatic rings. The van der Waals surface area contributed by atoms with E-state index in [0.29, 0.717) is 12.4 Å². The van der Waals surface area contributed by atoms with Gasteiger partial charge in [0, 0.05) is 18.7 Å². The zero-order valence-corrected chi connectivity index (χ0v) is 12.6. The van der Waals surface area contributed by atoms with Gasteiger partial charge in [-0.05, 0) is 45.7 Å². The third-order valence-corrected chi connectivity index (χ3v) is 3.70. The van der Waals surface area contributed by atoms with Crippen LogP contribution in [-0.2, 0) is 17.8 Å². The maximum Gasteiger partial charge on any atom is 0.157 e. The Labute approximate surface area is 125 Å². The second-order valence-electron chi connectivity index (χ2n) is 5.55. The monoisotopic (exact) mass is 292 g/mol. The number of ketones is 1. The van der Waals surface area contributed by atoms with Gasteiger partial charge in [0.1, 0.15) is 6.54 Å². The first-order chi connectivity index (χ1) is 10.1. The number of hydrogen-bond donors (Lipinski definition) is 3. The van der Waals surface area contributed by atoms with E-state index in [9.17, 15) is 4.79 Å². The molecule has 0 bridgehead atoms. The fourth-order valence-electron chi connectivity index (χ4n) is 2.51. The van der Waals surface area contributed by atoms with Gasteiger partial charge in [-0.15, -0.1) is 5.10 Å². The van der Waals surface area contributed by atoms with Crippen molar-refractivity contribution < 1.29 is 4.79 Å². The van der Waals surface area contributed by atoms with Gasteiger partial charge in [0.15, 0.2) is 5.78 Å². The van der Waals surface area contributed by atoms with Gasteiger partial charge in [0.25, 0.3) is 0 Å². The SMILES string of the molecule is CC(=N)NCCCc1cn(CC(=O)C2CCNCC2)nn1. The van der Waals surface area contributed by atoms with Crippen LogP contribution in [0.25, 0.3) is 0 Å². The molecule has 0 aliphatic carbocycles. The number of carbonyl (C=O) groups is 1. The van der Waals surface area contributed by atoms with Gasteiger partial charge in [-0.3, -0.25) is 10.2 Å². The van der Waals surface area contributed by atoms with Crippen molar-refractivity contribution in [3.05, 3.63) is 11.9 Å². The van der Waals surface area contributed by atoms with E-state index in [4.69, 9.17) is 5.41 Å². The van der Waals surface area contributed by atoms with Crippen molar-refractivity contribution in [1.29, 1.82) is 5.41 Å². The molecular weight excluding hydrogens is 268 g/mol. The fourth-order valence-corrected chi connectivity index (χ4v) is 2.51. The standard InChI is InChI=1S/C14H24N6O/c1-11(15)17-6-2-3-13-9-20(19-18-13)10-14(21)12-4-7-16-8-5-12/h9,12,16H,2-8,10H2,1H3,(H2,15,17). The van der Waals surface area contributed by atoms with E-state index in [0.717, 1.165) is 51.0 Å². The van der Waals surface area contributed by atoms with Crippen molar-refractivity contribution in [2.75, 3.05) is 19.6 Å². The highest BCUT2D eigenvalue weighted by Gasteiger charge is 2.21. The Hall–Kier alpha value is -1.76. The lowest BCUT2D eigenvalue weighted by Gasteiger charge is -2.21. The van der Waals surface area contributed by atoms with Crippen molar-refractivity contribution in [1.82, 2.24) is 25.6 Å². The molecule has 1 fully saturated rings. The van der Waals surface area contributed by atoms with E-state index in [1.54, 1.807) is 11.6 Å². The van der Waals surface area contributed by atoms with Gasteiger partial charge in [-0.25, -0.2) is 4.68 Å². The Balaban J connectivity index is 1.74. The molecule has 0 atom stereocenters. The predicted octanol–water partition coefficient (Wildman–Crippen LogP) is 0.366. The molecule has 0 amide bonds. The molecule has 1 aromatic heterocycles. The van der Waals surface area contributed by atoms with Crippen molar-refractivity contribution >= 4 is 11.6 Å². The minimum Gasteiger partial charge on any atom is -0.374 e. The molecule has 7 nitrogen and oxygen atoms in total. The normalized spacial score (nSPS) is 15.9. The molecule has 0 saturated carbocycles. The molecule has 0 radical (unpaired) electrons. The minimum absolute atomic E-state index is 0.165. The Morgan fingerprint density at radius 3 is 3.00 bits per heavy atom. The van der Waals surface area contributed by atoms with E-state index in [1.807, 2.05) is 6.20 Å². The lowest BCUT2D eigenvalue weighted by Crippen LogP contribution is -2.33. The van der Waals surface area contributed by atoms with Gasteiger partial charge >= 0.3 is 0 Å². The van der Waals surface area contributed by atoms with Crippen LogP contribution in [0, 0.1) is 11.3 Å². The van der Waals surface area contributed by atoms with Gasteiger partial charge < -0.3 is 10.6 Å². The number of Topliss-reactive ketones (excluding diaryl/α,β-unsaturated/α-hetero) is 1. The third kappa shape index (κ3) is 5.26. The smallest absolute Gasteiger partial charge is 0.157 e. The molecule has 7 heteroatoms. The molecule has 2 heterocycles. The Kier molecular flexibility index (Phi) is 5.86. The number of nitrogens with zero attached hydrogens (tertiary/aromatic N) is 3. The lowest BCUT2D eigenvalue weighted by atomic mass is 9.93. The van der Waals surface area contributed by atoms with Crippen LogP contribution in [0.2, 0.25) is 0 Å². The summed E-state index contributed by atoms with van der Waals surface area (Å²) < 4.78 is 1.65. The average Bonchev–Trinajstić information content (AvgIpc) is 2.92. The van der Waals surface area contributed by atoms with Crippen molar-refractivity contribution in [3.8, 4) is 0 Å². The van der Waals surface area contributed by atoms with E-state index < -0.39 is 0 Å². The quantitative estimate of drug-likeness (QED) is 0.383. The van der Waals surface area contributed by atoms with Crippen molar-refractivity contribution in [3.63, 3.8) is 0 Å². The Morgan fingerprint density at radius 2 is 2.29 bits per heavy atom. The van der Waals surface area contributed by atoms with Crippen LogP contribution in [0.3, 0.4) is 0 Å². The molecule has 1 aromatic rings. The van der Waals surface area contributed by atoms with Gasteiger partial charge in [0.05, 0.1) is 11.5 Å². The maximum atomic E-state index is 12.2. The largest absolute Gasteiger partial charge is 0.374 e. The molecule has 0 spiro atoms. The zero-order chi connectivity index (χ0) is 15.1. The summed E-state index contributed by atoms with van der Waals surface area (Å²) in [6.45, 7) is 4.67. The van der Waals surface area contributed by atoms with Gasteiger partial charge in [-0.1, -0.05) is 5.21 Å². The topological polar surface area (TPSA) is 95.7 Å². The predicted molar refractivity (Wildman–Crippen MR) is 80.3 cm³/mol. The second-order valence-corrected chi connectivity index (χ2v) is 5.55. The van der Waals surface area contributed by atoms with Gasteiger partial charge in [-0.2, -0.15) is 0 Å². The third-order valence-electron chi connectivity index (χ3n) is 3.70. The number of piperidine rings is 1. The molecule has 0 unspecified atom stereocenters. The number of aromatic nitrogens is 3. The molecule has 1 saturated heterocycles. The average molecular weight is 292 g/mol.